The lowest BCUT2D eigenvalue weighted by atomic mass is 9.95. The highest BCUT2D eigenvalue weighted by atomic mass is 19.1. The van der Waals surface area contributed by atoms with Gasteiger partial charge in [-0.2, -0.15) is 5.10 Å². The largest absolute Gasteiger partial charge is 0.383 e. The van der Waals surface area contributed by atoms with Crippen molar-refractivity contribution >= 4 is 0 Å². The molecule has 0 amide bonds. The fourth-order valence-corrected chi connectivity index (χ4v) is 4.48. The van der Waals surface area contributed by atoms with Crippen molar-refractivity contribution in [1.82, 2.24) is 15.1 Å². The van der Waals surface area contributed by atoms with Crippen LogP contribution in [0.3, 0.4) is 0 Å². The molecule has 0 saturated carbocycles. The summed E-state index contributed by atoms with van der Waals surface area (Å²) < 4.78 is 22.2. The van der Waals surface area contributed by atoms with Crippen LogP contribution in [0.25, 0.3) is 28.1 Å². The van der Waals surface area contributed by atoms with Crippen LogP contribution in [0.5, 0.6) is 0 Å². The maximum Gasteiger partial charge on any atom is 0.128 e. The Morgan fingerprint density at radius 1 is 0.750 bits per heavy atom. The van der Waals surface area contributed by atoms with Gasteiger partial charge in [-0.05, 0) is 29.3 Å². The van der Waals surface area contributed by atoms with Gasteiger partial charge in [0.25, 0.3) is 0 Å². The first-order valence-corrected chi connectivity index (χ1v) is 12.0. The predicted molar refractivity (Wildman–Crippen MR) is 143 cm³/mol. The van der Waals surface area contributed by atoms with Gasteiger partial charge in [0.15, 0.2) is 0 Å². The maximum atomic E-state index is 15.0. The molecule has 5 heteroatoms. The van der Waals surface area contributed by atoms with Crippen LogP contribution in [0, 0.1) is 5.82 Å². The van der Waals surface area contributed by atoms with Crippen molar-refractivity contribution in [2.24, 2.45) is 0 Å². The first-order chi connectivity index (χ1) is 17.8. The highest BCUT2D eigenvalue weighted by molar-refractivity contribution is 5.69. The van der Waals surface area contributed by atoms with Crippen molar-refractivity contribution in [2.75, 3.05) is 20.3 Å². The molecule has 0 aliphatic rings. The summed E-state index contributed by atoms with van der Waals surface area (Å²) in [5.74, 6) is -0.258. The molecule has 1 aromatic heterocycles. The number of nitrogens with one attached hydrogen (secondary N) is 1. The molecule has 1 heterocycles. The Hall–Kier alpha value is -4.06. The summed E-state index contributed by atoms with van der Waals surface area (Å²) in [6.07, 6.45) is 1.84. The van der Waals surface area contributed by atoms with Gasteiger partial charge in [-0.25, -0.2) is 9.07 Å². The molecule has 1 atom stereocenters. The Bertz CT molecular complexity index is 1400. The Balaban J connectivity index is 1.62. The van der Waals surface area contributed by atoms with Crippen LogP contribution < -0.4 is 5.32 Å². The van der Waals surface area contributed by atoms with E-state index in [1.807, 2.05) is 59.4 Å². The zero-order valence-electron chi connectivity index (χ0n) is 20.1. The number of hydrogen-bond acceptors (Lipinski definition) is 3. The average molecular weight is 478 g/mol. The summed E-state index contributed by atoms with van der Waals surface area (Å²) in [5, 5.41) is 8.27. The molecule has 1 unspecified atom stereocenters. The number of methoxy groups -OCH3 is 1. The molecule has 0 aliphatic carbocycles. The predicted octanol–water partition coefficient (Wildman–Crippen LogP) is 6.67. The molecule has 0 fully saturated rings. The van der Waals surface area contributed by atoms with Crippen molar-refractivity contribution in [3.8, 4) is 28.1 Å². The first-order valence-electron chi connectivity index (χ1n) is 12.0. The molecular formula is C31H28FN3O. The number of rotatable bonds is 9. The van der Waals surface area contributed by atoms with Gasteiger partial charge in [0.1, 0.15) is 5.82 Å². The van der Waals surface area contributed by atoms with Crippen molar-refractivity contribution in [3.05, 3.63) is 132 Å². The van der Waals surface area contributed by atoms with E-state index in [-0.39, 0.29) is 5.82 Å². The fraction of sp³-hybridized carbons (Fsp3) is 0.129. The van der Waals surface area contributed by atoms with E-state index in [9.17, 15) is 0 Å². The van der Waals surface area contributed by atoms with Gasteiger partial charge in [0.05, 0.1) is 30.2 Å². The highest BCUT2D eigenvalue weighted by Gasteiger charge is 2.25. The van der Waals surface area contributed by atoms with Gasteiger partial charge in [-0.15, -0.1) is 0 Å². The normalized spacial score (nSPS) is 11.9. The summed E-state index contributed by atoms with van der Waals surface area (Å²) in [6, 6.07) is 35.2. The van der Waals surface area contributed by atoms with Gasteiger partial charge in [-0.3, -0.25) is 0 Å². The van der Waals surface area contributed by atoms with Gasteiger partial charge in [-0.1, -0.05) is 91.0 Å². The zero-order valence-corrected chi connectivity index (χ0v) is 20.1. The monoisotopic (exact) mass is 477 g/mol. The second kappa shape index (κ2) is 11.1. The molecule has 180 valence electrons. The first kappa shape index (κ1) is 23.7. The van der Waals surface area contributed by atoms with E-state index in [1.165, 1.54) is 6.07 Å². The third kappa shape index (κ3) is 4.98. The quantitative estimate of drug-likeness (QED) is 0.241. The minimum atomic E-state index is -0.395. The zero-order chi connectivity index (χ0) is 24.7. The van der Waals surface area contributed by atoms with Crippen molar-refractivity contribution in [1.29, 1.82) is 0 Å². The van der Waals surface area contributed by atoms with Crippen LogP contribution in [0.2, 0.25) is 0 Å². The molecule has 0 bridgehead atoms. The van der Waals surface area contributed by atoms with E-state index in [4.69, 9.17) is 9.84 Å². The van der Waals surface area contributed by atoms with Gasteiger partial charge in [0, 0.05) is 30.3 Å². The lowest BCUT2D eigenvalue weighted by Crippen LogP contribution is -2.27. The molecule has 4 aromatic carbocycles. The molecule has 0 aliphatic heterocycles. The molecule has 36 heavy (non-hydrogen) atoms. The summed E-state index contributed by atoms with van der Waals surface area (Å²) in [4.78, 5) is 0. The third-order valence-electron chi connectivity index (χ3n) is 6.25. The van der Waals surface area contributed by atoms with Crippen LogP contribution in [0.4, 0.5) is 4.39 Å². The minimum absolute atomic E-state index is 0.258. The lowest BCUT2D eigenvalue weighted by molar-refractivity contribution is 0.197. The van der Waals surface area contributed by atoms with E-state index < -0.39 is 6.04 Å². The Morgan fingerprint density at radius 3 is 2.03 bits per heavy atom. The third-order valence-corrected chi connectivity index (χ3v) is 6.25. The van der Waals surface area contributed by atoms with Crippen molar-refractivity contribution in [3.63, 3.8) is 0 Å². The standard InChI is InChI=1S/C31H28FN3O/c1-36-21-20-33-30(27-14-8-9-15-29(27)32)28-22-34-35(31(28)25-12-6-3-7-13-25)26-18-16-24(17-19-26)23-10-4-2-5-11-23/h2-19,22,30,33H,20-21H2,1H3. The number of nitrogens with zero attached hydrogens (tertiary/aromatic N) is 2. The van der Waals surface area contributed by atoms with E-state index in [0.29, 0.717) is 18.7 Å². The summed E-state index contributed by atoms with van der Waals surface area (Å²) >= 11 is 0. The van der Waals surface area contributed by atoms with E-state index >= 15 is 4.39 Å². The van der Waals surface area contributed by atoms with Crippen LogP contribution in [-0.4, -0.2) is 30.0 Å². The van der Waals surface area contributed by atoms with Crippen molar-refractivity contribution in [2.45, 2.75) is 6.04 Å². The molecule has 1 N–H and O–H groups in total. The molecule has 0 saturated heterocycles. The second-order valence-corrected chi connectivity index (χ2v) is 8.54. The number of ether oxygens (including phenoxy) is 1. The van der Waals surface area contributed by atoms with E-state index in [2.05, 4.69) is 53.8 Å². The maximum absolute atomic E-state index is 15.0. The number of aromatic nitrogens is 2. The molecule has 4 nitrogen and oxygen atoms in total. The lowest BCUT2D eigenvalue weighted by Gasteiger charge is -2.21. The molecule has 5 rings (SSSR count). The van der Waals surface area contributed by atoms with Gasteiger partial charge < -0.3 is 10.1 Å². The topological polar surface area (TPSA) is 39.1 Å². The summed E-state index contributed by atoms with van der Waals surface area (Å²) in [7, 11) is 1.66. The van der Waals surface area contributed by atoms with Crippen molar-refractivity contribution < 1.29 is 9.13 Å². The Kier molecular flexibility index (Phi) is 7.31. The van der Waals surface area contributed by atoms with Crippen LogP contribution >= 0.6 is 0 Å². The summed E-state index contributed by atoms with van der Waals surface area (Å²) in [5.41, 5.74) is 6.63. The number of hydrogen-bond donors (Lipinski definition) is 1. The van der Waals surface area contributed by atoms with Crippen LogP contribution in [-0.2, 0) is 4.74 Å². The van der Waals surface area contributed by atoms with E-state index in [0.717, 1.165) is 33.6 Å². The molecule has 0 spiro atoms. The smallest absolute Gasteiger partial charge is 0.128 e. The van der Waals surface area contributed by atoms with Crippen LogP contribution in [0.15, 0.2) is 115 Å². The fourth-order valence-electron chi connectivity index (χ4n) is 4.48. The number of benzene rings is 4. The summed E-state index contributed by atoms with van der Waals surface area (Å²) in [6.45, 7) is 1.08. The SMILES string of the molecule is COCCNC(c1ccccc1F)c1cnn(-c2ccc(-c3ccccc3)cc2)c1-c1ccccc1. The highest BCUT2D eigenvalue weighted by Crippen LogP contribution is 2.35. The number of halogens is 1. The molecule has 0 radical (unpaired) electrons. The van der Waals surface area contributed by atoms with Crippen LogP contribution in [0.1, 0.15) is 17.2 Å². The molecular weight excluding hydrogens is 449 g/mol. The second-order valence-electron chi connectivity index (χ2n) is 8.54. The van der Waals surface area contributed by atoms with E-state index in [1.54, 1.807) is 13.2 Å². The Labute approximate surface area is 211 Å². The molecule has 5 aromatic rings. The minimum Gasteiger partial charge on any atom is -0.383 e. The Morgan fingerprint density at radius 2 is 1.36 bits per heavy atom. The van der Waals surface area contributed by atoms with Gasteiger partial charge in [0.2, 0.25) is 0 Å². The average Bonchev–Trinajstić information content (AvgIpc) is 3.38. The van der Waals surface area contributed by atoms with Gasteiger partial charge >= 0.3 is 0 Å².